The number of carbonyl (C=O) groups excluding carboxylic acids is 4. The molecule has 0 spiro atoms. The molecule has 0 bridgehead atoms. The van der Waals surface area contributed by atoms with Crippen LogP contribution in [-0.2, 0) is 19.1 Å². The quantitative estimate of drug-likeness (QED) is 0.599. The van der Waals surface area contributed by atoms with Gasteiger partial charge in [-0.25, -0.2) is 4.79 Å². The van der Waals surface area contributed by atoms with Crippen LogP contribution in [0.25, 0.3) is 0 Å². The first-order valence-electron chi connectivity index (χ1n) is 9.05. The molecule has 27 heavy (non-hydrogen) atoms. The summed E-state index contributed by atoms with van der Waals surface area (Å²) >= 11 is 0. The maximum atomic E-state index is 12.6. The van der Waals surface area contributed by atoms with E-state index in [0.29, 0.717) is 29.8 Å². The highest BCUT2D eigenvalue weighted by atomic mass is 16.5. The Morgan fingerprint density at radius 1 is 1.19 bits per heavy atom. The van der Waals surface area contributed by atoms with Gasteiger partial charge < -0.3 is 19.4 Å². The Morgan fingerprint density at radius 2 is 1.89 bits per heavy atom. The number of esters is 2. The summed E-state index contributed by atoms with van der Waals surface area (Å²) in [5.41, 5.74) is 1.47. The number of nitrogens with one attached hydrogen (secondary N) is 1. The van der Waals surface area contributed by atoms with E-state index < -0.39 is 23.8 Å². The molecular formula is C19H26N2O6. The number of aromatic nitrogens is 1. The van der Waals surface area contributed by atoms with Crippen molar-refractivity contribution in [2.45, 2.75) is 52.6 Å². The maximum absolute atomic E-state index is 12.6. The van der Waals surface area contributed by atoms with Crippen molar-refractivity contribution in [3.8, 4) is 0 Å². The minimum atomic E-state index is -1.04. The average Bonchev–Trinajstić information content (AvgIpc) is 2.77. The molecule has 0 aromatic carbocycles. The van der Waals surface area contributed by atoms with Gasteiger partial charge in [0.25, 0.3) is 0 Å². The van der Waals surface area contributed by atoms with Gasteiger partial charge in [0.1, 0.15) is 6.54 Å². The molecule has 1 aromatic heterocycles. The summed E-state index contributed by atoms with van der Waals surface area (Å²) in [4.78, 5) is 53.0. The monoisotopic (exact) mass is 378 g/mol. The van der Waals surface area contributed by atoms with Crippen molar-refractivity contribution < 1.29 is 28.7 Å². The Balaban J connectivity index is 2.04. The standard InChI is InChI=1S/C19H26N2O6/c1-11-16(19(25)26-4)12(2)20-17(11)18(24)13(3)27-15(23)10-21-9-7-5-6-8-14(21)22/h13,20H,5-10H2,1-4H3/t13-/m0/s1. The zero-order chi connectivity index (χ0) is 20.1. The SMILES string of the molecule is COC(=O)c1c(C)[nH]c(C(=O)[C@H](C)OC(=O)CN2CCCCCC2=O)c1C. The van der Waals surface area contributed by atoms with Crippen molar-refractivity contribution in [2.24, 2.45) is 0 Å². The number of carbonyl (C=O) groups is 4. The summed E-state index contributed by atoms with van der Waals surface area (Å²) in [6.07, 6.45) is 2.03. The molecule has 1 N–H and O–H groups in total. The predicted octanol–water partition coefficient (Wildman–Crippen LogP) is 1.94. The third-order valence-electron chi connectivity index (χ3n) is 4.74. The van der Waals surface area contributed by atoms with Gasteiger partial charge >= 0.3 is 11.9 Å². The van der Waals surface area contributed by atoms with Gasteiger partial charge in [0.05, 0.1) is 18.4 Å². The lowest BCUT2D eigenvalue weighted by molar-refractivity contribution is -0.151. The first-order chi connectivity index (χ1) is 12.8. The van der Waals surface area contributed by atoms with Gasteiger partial charge in [0, 0.05) is 18.7 Å². The maximum Gasteiger partial charge on any atom is 0.339 e. The lowest BCUT2D eigenvalue weighted by Gasteiger charge is -2.20. The summed E-state index contributed by atoms with van der Waals surface area (Å²) in [5, 5.41) is 0. The van der Waals surface area contributed by atoms with Crippen LogP contribution in [0.1, 0.15) is 64.7 Å². The second-order valence-corrected chi connectivity index (χ2v) is 6.74. The number of aromatic amines is 1. The van der Waals surface area contributed by atoms with E-state index in [1.807, 2.05) is 0 Å². The number of hydrogen-bond donors (Lipinski definition) is 1. The summed E-state index contributed by atoms with van der Waals surface area (Å²) in [6, 6.07) is 0. The van der Waals surface area contributed by atoms with Crippen LogP contribution in [0.4, 0.5) is 0 Å². The number of aryl methyl sites for hydroxylation is 1. The average molecular weight is 378 g/mol. The molecule has 8 heteroatoms. The molecule has 2 heterocycles. The van der Waals surface area contributed by atoms with Crippen LogP contribution >= 0.6 is 0 Å². The Hall–Kier alpha value is -2.64. The van der Waals surface area contributed by atoms with Gasteiger partial charge in [-0.15, -0.1) is 0 Å². The van der Waals surface area contributed by atoms with Crippen molar-refractivity contribution in [1.29, 1.82) is 0 Å². The van der Waals surface area contributed by atoms with Crippen LogP contribution < -0.4 is 0 Å². The Labute approximate surface area is 158 Å². The molecule has 0 saturated carbocycles. The predicted molar refractivity (Wildman–Crippen MR) is 96.5 cm³/mol. The van der Waals surface area contributed by atoms with Crippen molar-refractivity contribution in [3.63, 3.8) is 0 Å². The second kappa shape index (κ2) is 8.83. The van der Waals surface area contributed by atoms with Gasteiger partial charge in [0.15, 0.2) is 6.10 Å². The number of ether oxygens (including phenoxy) is 2. The van der Waals surface area contributed by atoms with Gasteiger partial charge in [0.2, 0.25) is 11.7 Å². The van der Waals surface area contributed by atoms with E-state index in [1.54, 1.807) is 13.8 Å². The number of nitrogens with zero attached hydrogens (tertiary/aromatic N) is 1. The van der Waals surface area contributed by atoms with E-state index in [9.17, 15) is 19.2 Å². The molecule has 2 rings (SSSR count). The van der Waals surface area contributed by atoms with Crippen molar-refractivity contribution in [1.82, 2.24) is 9.88 Å². The zero-order valence-electron chi connectivity index (χ0n) is 16.2. The first kappa shape index (κ1) is 20.7. The van der Waals surface area contributed by atoms with E-state index >= 15 is 0 Å². The highest BCUT2D eigenvalue weighted by Gasteiger charge is 2.28. The molecule has 1 aliphatic heterocycles. The molecular weight excluding hydrogens is 352 g/mol. The number of likely N-dealkylation sites (tertiary alicyclic amines) is 1. The number of hydrogen-bond acceptors (Lipinski definition) is 6. The smallest absolute Gasteiger partial charge is 0.339 e. The van der Waals surface area contributed by atoms with Crippen LogP contribution in [0.15, 0.2) is 0 Å². The molecule has 8 nitrogen and oxygen atoms in total. The molecule has 0 radical (unpaired) electrons. The topological polar surface area (TPSA) is 106 Å². The Kier molecular flexibility index (Phi) is 6.76. The lowest BCUT2D eigenvalue weighted by atomic mass is 10.1. The number of Topliss-reactive ketones (excluding diaryl/α,β-unsaturated/α-hetero) is 1. The van der Waals surface area contributed by atoms with Crippen LogP contribution in [0, 0.1) is 13.8 Å². The number of methoxy groups -OCH3 is 1. The van der Waals surface area contributed by atoms with Crippen molar-refractivity contribution in [2.75, 3.05) is 20.2 Å². The fourth-order valence-electron chi connectivity index (χ4n) is 3.26. The number of ketones is 1. The van der Waals surface area contributed by atoms with E-state index in [4.69, 9.17) is 9.47 Å². The third kappa shape index (κ3) is 4.75. The Morgan fingerprint density at radius 3 is 2.56 bits per heavy atom. The summed E-state index contributed by atoms with van der Waals surface area (Å²) in [6.45, 7) is 5.13. The molecule has 1 atom stereocenters. The van der Waals surface area contributed by atoms with E-state index in [-0.39, 0.29) is 18.1 Å². The minimum Gasteiger partial charge on any atom is -0.465 e. The van der Waals surface area contributed by atoms with Gasteiger partial charge in [-0.3, -0.25) is 14.4 Å². The van der Waals surface area contributed by atoms with E-state index in [2.05, 4.69) is 4.98 Å². The lowest BCUT2D eigenvalue weighted by Crippen LogP contribution is -2.38. The summed E-state index contributed by atoms with van der Waals surface area (Å²) < 4.78 is 9.96. The van der Waals surface area contributed by atoms with E-state index in [0.717, 1.165) is 19.3 Å². The molecule has 1 amide bonds. The fourth-order valence-corrected chi connectivity index (χ4v) is 3.26. The molecule has 1 fully saturated rings. The molecule has 0 unspecified atom stereocenters. The van der Waals surface area contributed by atoms with Gasteiger partial charge in [-0.1, -0.05) is 6.42 Å². The van der Waals surface area contributed by atoms with Crippen LogP contribution in [0.2, 0.25) is 0 Å². The molecule has 1 saturated heterocycles. The molecule has 1 aliphatic rings. The summed E-state index contributed by atoms with van der Waals surface area (Å²) in [7, 11) is 1.27. The minimum absolute atomic E-state index is 0.0676. The summed E-state index contributed by atoms with van der Waals surface area (Å²) in [5.74, 6) is -1.67. The fraction of sp³-hybridized carbons (Fsp3) is 0.579. The van der Waals surface area contributed by atoms with Crippen LogP contribution in [0.5, 0.6) is 0 Å². The van der Waals surface area contributed by atoms with Crippen LogP contribution in [-0.4, -0.2) is 59.8 Å². The Bertz CT molecular complexity index is 752. The molecule has 148 valence electrons. The van der Waals surface area contributed by atoms with Crippen molar-refractivity contribution >= 4 is 23.6 Å². The van der Waals surface area contributed by atoms with Gasteiger partial charge in [-0.2, -0.15) is 0 Å². The first-order valence-corrected chi connectivity index (χ1v) is 9.05. The largest absolute Gasteiger partial charge is 0.465 e. The normalized spacial score (nSPS) is 15.9. The number of rotatable bonds is 6. The van der Waals surface area contributed by atoms with Gasteiger partial charge in [-0.05, 0) is 39.2 Å². The highest BCUT2D eigenvalue weighted by molar-refractivity contribution is 6.04. The van der Waals surface area contributed by atoms with E-state index in [1.165, 1.54) is 18.9 Å². The third-order valence-corrected chi connectivity index (χ3v) is 4.74. The van der Waals surface area contributed by atoms with Crippen molar-refractivity contribution in [3.05, 3.63) is 22.5 Å². The highest BCUT2D eigenvalue weighted by Crippen LogP contribution is 2.21. The number of H-pyrrole nitrogens is 1. The molecule has 0 aliphatic carbocycles. The zero-order valence-corrected chi connectivity index (χ0v) is 16.2. The second-order valence-electron chi connectivity index (χ2n) is 6.74. The number of amides is 1. The van der Waals surface area contributed by atoms with Crippen LogP contribution in [0.3, 0.4) is 0 Å². The molecule has 1 aromatic rings.